The van der Waals surface area contributed by atoms with Crippen LogP contribution in [0.2, 0.25) is 0 Å². The van der Waals surface area contributed by atoms with E-state index in [0.29, 0.717) is 12.4 Å². The van der Waals surface area contributed by atoms with Crippen LogP contribution in [0.1, 0.15) is 31.3 Å². The smallest absolute Gasteiger partial charge is 0.274 e. The summed E-state index contributed by atoms with van der Waals surface area (Å²) >= 11 is 0. The summed E-state index contributed by atoms with van der Waals surface area (Å²) in [6.07, 6.45) is 0. The number of amides is 1. The average Bonchev–Trinajstić information content (AvgIpc) is 2.34. The Hall–Kier alpha value is -1.69. The predicted octanol–water partition coefficient (Wildman–Crippen LogP) is 0.751. The molecule has 100 valence electrons. The van der Waals surface area contributed by atoms with Crippen LogP contribution in [0.25, 0.3) is 0 Å². The van der Waals surface area contributed by atoms with Crippen LogP contribution >= 0.6 is 0 Å². The van der Waals surface area contributed by atoms with Gasteiger partial charge in [0.15, 0.2) is 5.69 Å². The van der Waals surface area contributed by atoms with Gasteiger partial charge in [-0.1, -0.05) is 0 Å². The Balaban J connectivity index is 2.82. The van der Waals surface area contributed by atoms with E-state index < -0.39 is 5.60 Å². The van der Waals surface area contributed by atoms with E-state index >= 15 is 0 Å². The molecule has 0 fully saturated rings. The number of nitrogens with zero attached hydrogens (tertiary/aromatic N) is 3. The number of aliphatic hydroxyl groups is 1. The summed E-state index contributed by atoms with van der Waals surface area (Å²) in [4.78, 5) is 13.7. The van der Waals surface area contributed by atoms with Gasteiger partial charge < -0.3 is 15.3 Å². The highest BCUT2D eigenvalue weighted by atomic mass is 16.3. The molecule has 6 nitrogen and oxygen atoms in total. The Labute approximate surface area is 107 Å². The maximum Gasteiger partial charge on any atom is 0.274 e. The summed E-state index contributed by atoms with van der Waals surface area (Å²) in [5.74, 6) is 0.381. The molecule has 1 aromatic heterocycles. The van der Waals surface area contributed by atoms with Crippen molar-refractivity contribution in [1.29, 1.82) is 0 Å². The van der Waals surface area contributed by atoms with Crippen molar-refractivity contribution in [2.24, 2.45) is 0 Å². The summed E-state index contributed by atoms with van der Waals surface area (Å²) < 4.78 is 0. The topological polar surface area (TPSA) is 78.4 Å². The molecule has 0 bridgehead atoms. The van der Waals surface area contributed by atoms with Gasteiger partial charge in [0, 0.05) is 20.1 Å². The molecule has 0 spiro atoms. The standard InChI is InChI=1S/C12H20N4O2/c1-5-16(8-12(2,3)18)11(17)9-6-7-10(13-4)15-14-9/h6-7,18H,5,8H2,1-4H3,(H,13,15). The molecule has 0 unspecified atom stereocenters. The third-order valence-corrected chi connectivity index (χ3v) is 2.39. The first-order valence-electron chi connectivity index (χ1n) is 5.90. The van der Waals surface area contributed by atoms with Crippen LogP contribution < -0.4 is 5.32 Å². The lowest BCUT2D eigenvalue weighted by Crippen LogP contribution is -2.42. The molecule has 0 atom stereocenters. The monoisotopic (exact) mass is 252 g/mol. The van der Waals surface area contributed by atoms with E-state index in [4.69, 9.17) is 0 Å². The Bertz CT molecular complexity index is 398. The summed E-state index contributed by atoms with van der Waals surface area (Å²) in [6, 6.07) is 3.31. The third-order valence-electron chi connectivity index (χ3n) is 2.39. The van der Waals surface area contributed by atoms with E-state index in [-0.39, 0.29) is 18.1 Å². The van der Waals surface area contributed by atoms with Gasteiger partial charge in [0.25, 0.3) is 5.91 Å². The zero-order chi connectivity index (χ0) is 13.8. The highest BCUT2D eigenvalue weighted by Crippen LogP contribution is 2.09. The van der Waals surface area contributed by atoms with Crippen molar-refractivity contribution in [3.8, 4) is 0 Å². The maximum atomic E-state index is 12.1. The van der Waals surface area contributed by atoms with Crippen molar-refractivity contribution in [2.45, 2.75) is 26.4 Å². The molecule has 0 aromatic carbocycles. The molecule has 0 radical (unpaired) electrons. The van der Waals surface area contributed by atoms with Gasteiger partial charge in [0.2, 0.25) is 0 Å². The Morgan fingerprint density at radius 1 is 1.44 bits per heavy atom. The molecule has 1 amide bonds. The molecule has 0 saturated heterocycles. The van der Waals surface area contributed by atoms with Crippen molar-refractivity contribution >= 4 is 11.7 Å². The van der Waals surface area contributed by atoms with Crippen LogP contribution in [-0.2, 0) is 0 Å². The number of likely N-dealkylation sites (N-methyl/N-ethyl adjacent to an activating group) is 1. The molecule has 1 heterocycles. The lowest BCUT2D eigenvalue weighted by atomic mass is 10.1. The van der Waals surface area contributed by atoms with Crippen LogP contribution in [0.3, 0.4) is 0 Å². The van der Waals surface area contributed by atoms with Crippen LogP contribution in [0.15, 0.2) is 12.1 Å². The zero-order valence-corrected chi connectivity index (χ0v) is 11.3. The molecule has 1 aromatic rings. The molecule has 18 heavy (non-hydrogen) atoms. The fourth-order valence-electron chi connectivity index (χ4n) is 1.54. The number of nitrogens with one attached hydrogen (secondary N) is 1. The number of anilines is 1. The second-order valence-corrected chi connectivity index (χ2v) is 4.69. The molecule has 0 saturated carbocycles. The van der Waals surface area contributed by atoms with Gasteiger partial charge >= 0.3 is 0 Å². The third kappa shape index (κ3) is 3.96. The van der Waals surface area contributed by atoms with Gasteiger partial charge in [-0.3, -0.25) is 4.79 Å². The number of aromatic nitrogens is 2. The first kappa shape index (κ1) is 14.4. The van der Waals surface area contributed by atoms with E-state index in [0.717, 1.165) is 0 Å². The Morgan fingerprint density at radius 3 is 2.50 bits per heavy atom. The SMILES string of the molecule is CCN(CC(C)(C)O)C(=O)c1ccc(NC)nn1. The minimum absolute atomic E-state index is 0.227. The van der Waals surface area contributed by atoms with E-state index in [1.807, 2.05) is 6.92 Å². The van der Waals surface area contributed by atoms with Crippen molar-refractivity contribution in [2.75, 3.05) is 25.5 Å². The maximum absolute atomic E-state index is 12.1. The van der Waals surface area contributed by atoms with Gasteiger partial charge in [0.05, 0.1) is 5.60 Å². The van der Waals surface area contributed by atoms with Crippen LogP contribution in [0.4, 0.5) is 5.82 Å². The highest BCUT2D eigenvalue weighted by Gasteiger charge is 2.23. The number of hydrogen-bond donors (Lipinski definition) is 2. The van der Waals surface area contributed by atoms with Gasteiger partial charge in [-0.15, -0.1) is 10.2 Å². The van der Waals surface area contributed by atoms with Gasteiger partial charge in [0.1, 0.15) is 5.82 Å². The van der Waals surface area contributed by atoms with E-state index in [9.17, 15) is 9.90 Å². The van der Waals surface area contributed by atoms with Crippen molar-refractivity contribution < 1.29 is 9.90 Å². The van der Waals surface area contributed by atoms with Crippen LogP contribution in [-0.4, -0.2) is 51.8 Å². The average molecular weight is 252 g/mol. The largest absolute Gasteiger partial charge is 0.389 e. The lowest BCUT2D eigenvalue weighted by Gasteiger charge is -2.27. The number of hydrogen-bond acceptors (Lipinski definition) is 5. The van der Waals surface area contributed by atoms with Crippen LogP contribution in [0.5, 0.6) is 0 Å². The molecular weight excluding hydrogens is 232 g/mol. The highest BCUT2D eigenvalue weighted by molar-refractivity contribution is 5.92. The zero-order valence-electron chi connectivity index (χ0n) is 11.3. The first-order chi connectivity index (χ1) is 8.37. The fourth-order valence-corrected chi connectivity index (χ4v) is 1.54. The van der Waals surface area contributed by atoms with E-state index in [2.05, 4.69) is 15.5 Å². The van der Waals surface area contributed by atoms with Crippen molar-refractivity contribution in [3.63, 3.8) is 0 Å². The summed E-state index contributed by atoms with van der Waals surface area (Å²) in [6.45, 7) is 5.96. The number of carbonyl (C=O) groups is 1. The molecule has 0 aliphatic rings. The first-order valence-corrected chi connectivity index (χ1v) is 5.90. The van der Waals surface area contributed by atoms with Gasteiger partial charge in [-0.25, -0.2) is 0 Å². The Morgan fingerprint density at radius 2 is 2.11 bits per heavy atom. The van der Waals surface area contributed by atoms with Crippen LogP contribution in [0, 0.1) is 0 Å². The fraction of sp³-hybridized carbons (Fsp3) is 0.583. The van der Waals surface area contributed by atoms with E-state index in [1.165, 1.54) is 0 Å². The van der Waals surface area contributed by atoms with Gasteiger partial charge in [-0.05, 0) is 32.9 Å². The summed E-state index contributed by atoms with van der Waals surface area (Å²) in [7, 11) is 1.73. The molecular formula is C12H20N4O2. The van der Waals surface area contributed by atoms with Crippen molar-refractivity contribution in [3.05, 3.63) is 17.8 Å². The second-order valence-electron chi connectivity index (χ2n) is 4.69. The van der Waals surface area contributed by atoms with Gasteiger partial charge in [-0.2, -0.15) is 0 Å². The number of carbonyl (C=O) groups excluding carboxylic acids is 1. The quantitative estimate of drug-likeness (QED) is 0.808. The molecule has 2 N–H and O–H groups in total. The normalized spacial score (nSPS) is 11.2. The minimum atomic E-state index is -0.927. The number of rotatable bonds is 5. The lowest BCUT2D eigenvalue weighted by molar-refractivity contribution is 0.0311. The molecule has 0 aliphatic heterocycles. The summed E-state index contributed by atoms with van der Waals surface area (Å²) in [5.41, 5.74) is -0.649. The van der Waals surface area contributed by atoms with Crippen molar-refractivity contribution in [1.82, 2.24) is 15.1 Å². The minimum Gasteiger partial charge on any atom is -0.389 e. The second kappa shape index (κ2) is 5.77. The summed E-state index contributed by atoms with van der Waals surface area (Å²) in [5, 5.41) is 20.3. The van der Waals surface area contributed by atoms with E-state index in [1.54, 1.807) is 37.9 Å². The molecule has 1 rings (SSSR count). The predicted molar refractivity (Wildman–Crippen MR) is 69.5 cm³/mol. The molecule has 0 aliphatic carbocycles. The Kier molecular flexibility index (Phi) is 4.61. The molecule has 6 heteroatoms.